The van der Waals surface area contributed by atoms with E-state index in [0.29, 0.717) is 0 Å². The van der Waals surface area contributed by atoms with Crippen LogP contribution < -0.4 is 0 Å². The van der Waals surface area contributed by atoms with Crippen molar-refractivity contribution in [1.29, 1.82) is 0 Å². The first-order valence-corrected chi connectivity index (χ1v) is 14.8. The van der Waals surface area contributed by atoms with Crippen molar-refractivity contribution in [3.05, 3.63) is 185 Å². The summed E-state index contributed by atoms with van der Waals surface area (Å²) >= 11 is 0. The summed E-state index contributed by atoms with van der Waals surface area (Å²) in [6.45, 7) is 0. The lowest BCUT2D eigenvalue weighted by atomic mass is 10.1. The lowest BCUT2D eigenvalue weighted by Gasteiger charge is -2.03. The Morgan fingerprint density at radius 1 is 0.263 bits per heavy atom. The molecule has 25 rings (SSSR count). The van der Waals surface area contributed by atoms with Crippen LogP contribution in [0.1, 0.15) is 0 Å². The molecule has 0 unspecified atom stereocenters. The first-order valence-electron chi connectivity index (χ1n) is 12.9. The van der Waals surface area contributed by atoms with E-state index in [2.05, 4.69) is 133 Å². The molecule has 0 fully saturated rings. The molecule has 0 atom stereocenters. The molecule has 6 aliphatic carbocycles. The summed E-state index contributed by atoms with van der Waals surface area (Å²) in [5.41, 5.74) is 0. The molecule has 12 aliphatic heterocycles. The van der Waals surface area contributed by atoms with Crippen LogP contribution >= 0.6 is 16.4 Å². The number of rotatable bonds is 0. The third kappa shape index (κ3) is 3.69. The fourth-order valence-electron chi connectivity index (χ4n) is 5.53. The van der Waals surface area contributed by atoms with Gasteiger partial charge in [0.15, 0.2) is 0 Å². The van der Waals surface area contributed by atoms with E-state index in [1.165, 1.54) is 89.6 Å². The fraction of sp³-hybridized carbons (Fsp3) is 0. The molecule has 0 N–H and O–H groups in total. The fourth-order valence-corrected chi connectivity index (χ4v) is 7.94. The van der Waals surface area contributed by atoms with Crippen molar-refractivity contribution in [1.82, 2.24) is 0 Å². The zero-order valence-corrected chi connectivity index (χ0v) is 22.4. The summed E-state index contributed by atoms with van der Waals surface area (Å²) in [6, 6.07) is 45.2. The predicted molar refractivity (Wildman–Crippen MR) is 161 cm³/mol. The molecule has 0 saturated carbocycles. The van der Waals surface area contributed by atoms with Gasteiger partial charge in [-0.1, -0.05) is 126 Å². The molecule has 2 aromatic heterocycles. The summed E-state index contributed by atoms with van der Waals surface area (Å²) in [7, 11) is 2.54. The van der Waals surface area contributed by atoms with Gasteiger partial charge in [0.05, 0.1) is 0 Å². The third-order valence-corrected chi connectivity index (χ3v) is 10.2. The van der Waals surface area contributed by atoms with Crippen LogP contribution in [0.4, 0.5) is 0 Å². The molecule has 18 aliphatic rings. The molecule has 38 heavy (non-hydrogen) atoms. The van der Waals surface area contributed by atoms with Gasteiger partial charge in [0, 0.05) is 10.2 Å². The SMILES string of the molecule is c1cc2ccc1=c1ccc(cc1)=c1ccc(cc1)=c1cpc3c(ccc4cc(cpc43)=c3ccc=2cc3)c1. The van der Waals surface area contributed by atoms with Crippen LogP contribution in [0.5, 0.6) is 0 Å². The van der Waals surface area contributed by atoms with Crippen LogP contribution in [0, 0.1) is 52.2 Å². The van der Waals surface area contributed by atoms with E-state index in [1.807, 2.05) is 0 Å². The van der Waals surface area contributed by atoms with Crippen molar-refractivity contribution in [2.24, 2.45) is 0 Å². The van der Waals surface area contributed by atoms with Gasteiger partial charge in [-0.05, 0) is 86.7 Å². The molecule has 0 amide bonds. The highest BCUT2D eigenvalue weighted by atomic mass is 31.0. The number of benzene rings is 5. The summed E-state index contributed by atoms with van der Waals surface area (Å²) in [6.07, 6.45) is 0. The van der Waals surface area contributed by atoms with E-state index in [9.17, 15) is 0 Å². The Balaban J connectivity index is 1.54. The second-order valence-electron chi connectivity index (χ2n) is 9.97. The Morgan fingerprint density at radius 2 is 0.500 bits per heavy atom. The molecule has 0 spiro atoms. The number of hydrogen-bond acceptors (Lipinski definition) is 0. The van der Waals surface area contributed by atoms with Gasteiger partial charge in [-0.3, -0.25) is 0 Å². The van der Waals surface area contributed by atoms with E-state index < -0.39 is 0 Å². The maximum Gasteiger partial charge on any atom is 0.0215 e. The molecule has 0 nitrogen and oxygen atoms in total. The zero-order chi connectivity index (χ0) is 25.1. The summed E-state index contributed by atoms with van der Waals surface area (Å²) in [4.78, 5) is 0. The molecule has 14 heterocycles. The lowest BCUT2D eigenvalue weighted by molar-refractivity contribution is 1.40. The predicted octanol–water partition coefficient (Wildman–Crippen LogP) is 9.90. The molecule has 7 aromatic rings. The van der Waals surface area contributed by atoms with E-state index >= 15 is 0 Å². The molecule has 0 radical (unpaired) electrons. The smallest absolute Gasteiger partial charge is 0.0215 e. The van der Waals surface area contributed by atoms with Gasteiger partial charge in [0.25, 0.3) is 0 Å². The average Bonchev–Trinajstić information content (AvgIpc) is 3.00. The first kappa shape index (κ1) is 22.0. The van der Waals surface area contributed by atoms with Crippen molar-refractivity contribution >= 4 is 37.4 Å². The van der Waals surface area contributed by atoms with Crippen molar-refractivity contribution in [3.8, 4) is 0 Å². The lowest BCUT2D eigenvalue weighted by Crippen LogP contribution is -1.79. The second-order valence-corrected chi connectivity index (χ2v) is 11.9. The van der Waals surface area contributed by atoms with E-state index in [0.717, 1.165) is 0 Å². The topological polar surface area (TPSA) is 0 Å². The van der Waals surface area contributed by atoms with Crippen molar-refractivity contribution in [2.75, 3.05) is 0 Å². The monoisotopic (exact) mass is 516 g/mol. The Kier molecular flexibility index (Phi) is 5.05. The van der Waals surface area contributed by atoms with Crippen LogP contribution in [0.15, 0.2) is 133 Å². The maximum atomic E-state index is 2.36. The van der Waals surface area contributed by atoms with E-state index in [4.69, 9.17) is 0 Å². The largest absolute Gasteiger partial charge is 0.0661 e. The van der Waals surface area contributed by atoms with E-state index in [-0.39, 0.29) is 0 Å². The maximum absolute atomic E-state index is 2.36. The van der Waals surface area contributed by atoms with Crippen LogP contribution in [0.2, 0.25) is 0 Å². The zero-order valence-electron chi connectivity index (χ0n) is 20.6. The summed E-state index contributed by atoms with van der Waals surface area (Å²) in [5, 5.41) is 18.1. The molecular weight excluding hydrogens is 494 g/mol. The van der Waals surface area contributed by atoms with Crippen molar-refractivity contribution in [3.63, 3.8) is 0 Å². The van der Waals surface area contributed by atoms with Gasteiger partial charge in [0.2, 0.25) is 0 Å². The van der Waals surface area contributed by atoms with Crippen LogP contribution in [0.25, 0.3) is 21.0 Å². The van der Waals surface area contributed by atoms with Gasteiger partial charge in [-0.25, -0.2) is 0 Å². The first-order chi connectivity index (χ1) is 18.8. The van der Waals surface area contributed by atoms with Crippen molar-refractivity contribution < 1.29 is 0 Å². The van der Waals surface area contributed by atoms with Gasteiger partial charge >= 0.3 is 0 Å². The summed E-state index contributed by atoms with van der Waals surface area (Å²) in [5.74, 6) is 4.73. The van der Waals surface area contributed by atoms with E-state index in [1.54, 1.807) is 0 Å². The molecule has 2 heteroatoms. The minimum atomic E-state index is 1.24. The normalized spacial score (nSPS) is 12.1. The quantitative estimate of drug-likeness (QED) is 0.176. The highest BCUT2D eigenvalue weighted by Crippen LogP contribution is 2.36. The molecule has 14 bridgehead atoms. The molecular formula is C36H22P2. The van der Waals surface area contributed by atoms with Gasteiger partial charge < -0.3 is 0 Å². The Hall–Kier alpha value is -4.08. The minimum Gasteiger partial charge on any atom is -0.0661 e. The van der Waals surface area contributed by atoms with Gasteiger partial charge in [0.1, 0.15) is 0 Å². The minimum absolute atomic E-state index is 1.24. The molecule has 0 saturated heterocycles. The van der Waals surface area contributed by atoms with Crippen LogP contribution in [-0.2, 0) is 0 Å². The Labute approximate surface area is 222 Å². The number of hydrogen-bond donors (Lipinski definition) is 0. The molecule has 176 valence electrons. The molecule has 5 aromatic carbocycles. The van der Waals surface area contributed by atoms with Crippen molar-refractivity contribution in [2.45, 2.75) is 0 Å². The Morgan fingerprint density at radius 3 is 0.763 bits per heavy atom. The highest BCUT2D eigenvalue weighted by Gasteiger charge is 2.02. The highest BCUT2D eigenvalue weighted by molar-refractivity contribution is 7.43. The van der Waals surface area contributed by atoms with Crippen LogP contribution in [0.3, 0.4) is 0 Å². The standard InChI is InChI=1S/C36H22P2/c1-5-25-6-2-23(1)24-3-7-26(8-4-24)28-11-15-30(16-12-28)34-20-32-18-17-31-19-33(29-13-9-27(25)10-14-29)21-37-35(31)36(32)38-22-34/h1-22H. The average molecular weight is 517 g/mol. The Bertz CT molecular complexity index is 2300. The summed E-state index contributed by atoms with van der Waals surface area (Å²) < 4.78 is 0. The van der Waals surface area contributed by atoms with Gasteiger partial charge in [-0.2, -0.15) is 0 Å². The van der Waals surface area contributed by atoms with Crippen LogP contribution in [-0.4, -0.2) is 0 Å². The third-order valence-electron chi connectivity index (χ3n) is 7.71. The second kappa shape index (κ2) is 8.75. The van der Waals surface area contributed by atoms with Gasteiger partial charge in [-0.15, -0.1) is 0 Å².